The molecule has 0 saturated heterocycles. The second-order valence-corrected chi connectivity index (χ2v) is 4.37. The molecule has 1 aliphatic carbocycles. The fourth-order valence-corrected chi connectivity index (χ4v) is 2.31. The van der Waals surface area contributed by atoms with Crippen LogP contribution in [0.1, 0.15) is 60.0 Å². The summed E-state index contributed by atoms with van der Waals surface area (Å²) in [6.45, 7) is 1.75. The molecule has 0 bridgehead atoms. The molecule has 0 spiro atoms. The normalized spacial score (nSPS) is 17.3. The molecule has 2 rings (SSSR count). The average molecular weight is 220 g/mol. The van der Waals surface area contributed by atoms with Crippen LogP contribution in [0.5, 0.6) is 0 Å². The van der Waals surface area contributed by atoms with Crippen LogP contribution in [0.4, 0.5) is 0 Å². The zero-order valence-corrected chi connectivity index (χ0v) is 9.44. The molecular weight excluding hydrogens is 204 g/mol. The molecule has 4 heteroatoms. The Morgan fingerprint density at radius 1 is 1.31 bits per heavy atom. The van der Waals surface area contributed by atoms with E-state index in [9.17, 15) is 4.79 Å². The topological polar surface area (TPSA) is 63.1 Å². The lowest BCUT2D eigenvalue weighted by atomic mass is 9.86. The summed E-state index contributed by atoms with van der Waals surface area (Å²) in [5.41, 5.74) is 1.03. The lowest BCUT2D eigenvalue weighted by Crippen LogP contribution is -2.11. The van der Waals surface area contributed by atoms with Crippen LogP contribution in [0, 0.1) is 6.92 Å². The summed E-state index contributed by atoms with van der Waals surface area (Å²) in [5.74, 6) is 0.0107. The zero-order chi connectivity index (χ0) is 11.5. The molecule has 4 nitrogen and oxygen atoms in total. The van der Waals surface area contributed by atoms with Gasteiger partial charge in [-0.25, -0.2) is 14.8 Å². The van der Waals surface area contributed by atoms with Crippen LogP contribution in [0.3, 0.4) is 0 Å². The zero-order valence-electron chi connectivity index (χ0n) is 9.44. The van der Waals surface area contributed by atoms with Gasteiger partial charge in [-0.15, -0.1) is 0 Å². The number of carbonyl (C=O) groups is 1. The molecular formula is C12H16N2O2. The Hall–Kier alpha value is -1.45. The highest BCUT2D eigenvalue weighted by molar-refractivity contribution is 5.85. The Morgan fingerprint density at radius 2 is 2.00 bits per heavy atom. The third kappa shape index (κ3) is 2.38. The minimum Gasteiger partial charge on any atom is -0.477 e. The van der Waals surface area contributed by atoms with Gasteiger partial charge in [0.1, 0.15) is 5.82 Å². The van der Waals surface area contributed by atoms with E-state index in [0.717, 1.165) is 18.5 Å². The number of carboxylic acid groups (broad SMARTS) is 1. The molecule has 0 aliphatic heterocycles. The van der Waals surface area contributed by atoms with Crippen LogP contribution < -0.4 is 0 Å². The van der Waals surface area contributed by atoms with Gasteiger partial charge in [0.25, 0.3) is 0 Å². The molecule has 1 saturated carbocycles. The highest BCUT2D eigenvalue weighted by atomic mass is 16.4. The Labute approximate surface area is 94.7 Å². The van der Waals surface area contributed by atoms with Gasteiger partial charge in [0.15, 0.2) is 5.69 Å². The third-order valence-corrected chi connectivity index (χ3v) is 3.10. The van der Waals surface area contributed by atoms with Crippen LogP contribution in [0.15, 0.2) is 6.07 Å². The molecule has 1 fully saturated rings. The Balaban J connectivity index is 2.28. The molecule has 1 N–H and O–H groups in total. The van der Waals surface area contributed by atoms with Crippen LogP contribution in [-0.4, -0.2) is 21.0 Å². The van der Waals surface area contributed by atoms with Crippen molar-refractivity contribution in [3.8, 4) is 0 Å². The number of aromatic carboxylic acids is 1. The first-order chi connectivity index (χ1) is 7.66. The van der Waals surface area contributed by atoms with Crippen molar-refractivity contribution in [2.24, 2.45) is 0 Å². The van der Waals surface area contributed by atoms with Gasteiger partial charge in [-0.05, 0) is 25.8 Å². The number of aromatic nitrogens is 2. The van der Waals surface area contributed by atoms with Crippen molar-refractivity contribution in [2.75, 3.05) is 0 Å². The first-order valence-corrected chi connectivity index (χ1v) is 5.75. The fourth-order valence-electron chi connectivity index (χ4n) is 2.31. The summed E-state index contributed by atoms with van der Waals surface area (Å²) in [4.78, 5) is 19.2. The minimum atomic E-state index is -0.970. The SMILES string of the molecule is Cc1nc(C(=O)O)cc(C2CCCCC2)n1. The van der Waals surface area contributed by atoms with Gasteiger partial charge in [0, 0.05) is 11.6 Å². The average Bonchev–Trinajstić information content (AvgIpc) is 2.29. The van der Waals surface area contributed by atoms with Crippen LogP contribution in [0.2, 0.25) is 0 Å². The second kappa shape index (κ2) is 4.60. The summed E-state index contributed by atoms with van der Waals surface area (Å²) in [6, 6.07) is 1.63. The van der Waals surface area contributed by atoms with E-state index in [1.807, 2.05) is 0 Å². The molecule has 0 unspecified atom stereocenters. The van der Waals surface area contributed by atoms with E-state index in [0.29, 0.717) is 11.7 Å². The fraction of sp³-hybridized carbons (Fsp3) is 0.583. The van der Waals surface area contributed by atoms with Gasteiger partial charge in [0.05, 0.1) is 0 Å². The van der Waals surface area contributed by atoms with Crippen molar-refractivity contribution in [2.45, 2.75) is 44.9 Å². The standard InChI is InChI=1S/C12H16N2O2/c1-8-13-10(7-11(14-8)12(15)16)9-5-3-2-4-6-9/h7,9H,2-6H2,1H3,(H,15,16). The van der Waals surface area contributed by atoms with E-state index in [2.05, 4.69) is 9.97 Å². The number of hydrogen-bond acceptors (Lipinski definition) is 3. The van der Waals surface area contributed by atoms with E-state index >= 15 is 0 Å². The van der Waals surface area contributed by atoms with E-state index in [1.54, 1.807) is 13.0 Å². The highest BCUT2D eigenvalue weighted by Gasteiger charge is 2.19. The van der Waals surface area contributed by atoms with Gasteiger partial charge in [-0.1, -0.05) is 19.3 Å². The Bertz CT molecular complexity index is 398. The molecule has 0 amide bonds. The van der Waals surface area contributed by atoms with Gasteiger partial charge < -0.3 is 5.11 Å². The van der Waals surface area contributed by atoms with Crippen LogP contribution in [0.25, 0.3) is 0 Å². The maximum atomic E-state index is 10.9. The first-order valence-electron chi connectivity index (χ1n) is 5.75. The highest BCUT2D eigenvalue weighted by Crippen LogP contribution is 2.31. The third-order valence-electron chi connectivity index (χ3n) is 3.10. The van der Waals surface area contributed by atoms with Crippen LogP contribution >= 0.6 is 0 Å². The molecule has 1 aliphatic rings. The summed E-state index contributed by atoms with van der Waals surface area (Å²) >= 11 is 0. The van der Waals surface area contributed by atoms with E-state index in [4.69, 9.17) is 5.11 Å². The van der Waals surface area contributed by atoms with Crippen molar-refractivity contribution in [1.29, 1.82) is 0 Å². The van der Waals surface area contributed by atoms with Gasteiger partial charge >= 0.3 is 5.97 Å². The number of carboxylic acids is 1. The predicted molar refractivity (Wildman–Crippen MR) is 59.6 cm³/mol. The van der Waals surface area contributed by atoms with E-state index < -0.39 is 5.97 Å². The van der Waals surface area contributed by atoms with E-state index in [-0.39, 0.29) is 5.69 Å². The maximum absolute atomic E-state index is 10.9. The second-order valence-electron chi connectivity index (χ2n) is 4.37. The summed E-state index contributed by atoms with van der Waals surface area (Å²) in [5, 5.41) is 8.94. The molecule has 86 valence electrons. The molecule has 1 aromatic heterocycles. The first kappa shape index (κ1) is 11.0. The molecule has 0 atom stereocenters. The predicted octanol–water partition coefficient (Wildman–Crippen LogP) is 2.53. The van der Waals surface area contributed by atoms with Gasteiger partial charge in [0.2, 0.25) is 0 Å². The molecule has 1 heterocycles. The Morgan fingerprint density at radius 3 is 2.62 bits per heavy atom. The van der Waals surface area contributed by atoms with Crippen molar-refractivity contribution >= 4 is 5.97 Å². The smallest absolute Gasteiger partial charge is 0.354 e. The lowest BCUT2D eigenvalue weighted by molar-refractivity contribution is 0.0689. The van der Waals surface area contributed by atoms with Crippen molar-refractivity contribution in [3.63, 3.8) is 0 Å². The largest absolute Gasteiger partial charge is 0.477 e. The van der Waals surface area contributed by atoms with E-state index in [1.165, 1.54) is 19.3 Å². The summed E-state index contributed by atoms with van der Waals surface area (Å²) in [7, 11) is 0. The number of aryl methyl sites for hydroxylation is 1. The number of hydrogen-bond donors (Lipinski definition) is 1. The Kier molecular flexibility index (Phi) is 3.17. The van der Waals surface area contributed by atoms with Crippen molar-refractivity contribution in [3.05, 3.63) is 23.3 Å². The summed E-state index contributed by atoms with van der Waals surface area (Å²) < 4.78 is 0. The minimum absolute atomic E-state index is 0.119. The van der Waals surface area contributed by atoms with Gasteiger partial charge in [-0.3, -0.25) is 0 Å². The summed E-state index contributed by atoms with van der Waals surface area (Å²) in [6.07, 6.45) is 5.96. The molecule has 1 aromatic rings. The number of nitrogens with zero attached hydrogens (tertiary/aromatic N) is 2. The van der Waals surface area contributed by atoms with Crippen molar-refractivity contribution in [1.82, 2.24) is 9.97 Å². The lowest BCUT2D eigenvalue weighted by Gasteiger charge is -2.21. The monoisotopic (exact) mass is 220 g/mol. The molecule has 16 heavy (non-hydrogen) atoms. The quantitative estimate of drug-likeness (QED) is 0.831. The van der Waals surface area contributed by atoms with Gasteiger partial charge in [-0.2, -0.15) is 0 Å². The maximum Gasteiger partial charge on any atom is 0.354 e. The molecule has 0 aromatic carbocycles. The number of rotatable bonds is 2. The van der Waals surface area contributed by atoms with Crippen molar-refractivity contribution < 1.29 is 9.90 Å². The van der Waals surface area contributed by atoms with Crippen LogP contribution in [-0.2, 0) is 0 Å². The molecule has 0 radical (unpaired) electrons.